The van der Waals surface area contributed by atoms with Gasteiger partial charge in [0, 0.05) is 0 Å². The van der Waals surface area contributed by atoms with E-state index in [2.05, 4.69) is 15.9 Å². The summed E-state index contributed by atoms with van der Waals surface area (Å²) in [6.45, 7) is 0.296. The molecule has 0 heterocycles. The quantitative estimate of drug-likeness (QED) is 0.843. The Morgan fingerprint density at radius 1 is 1.11 bits per heavy atom. The maximum absolute atomic E-state index is 13.3. The highest BCUT2D eigenvalue weighted by molar-refractivity contribution is 9.10. The molecule has 0 unspecified atom stereocenters. The van der Waals surface area contributed by atoms with Crippen LogP contribution in [-0.2, 0) is 6.61 Å². The zero-order valence-corrected chi connectivity index (χ0v) is 11.4. The van der Waals surface area contributed by atoms with Gasteiger partial charge in [-0.15, -0.1) is 0 Å². The number of hydrogen-bond donors (Lipinski definition) is 0. The fraction of sp³-hybridized carbons (Fsp3) is 0.143. The van der Waals surface area contributed by atoms with Crippen LogP contribution in [0.3, 0.4) is 0 Å². The van der Waals surface area contributed by atoms with Gasteiger partial charge in [0.05, 0.1) is 11.6 Å². The zero-order valence-electron chi connectivity index (χ0n) is 9.82. The Balaban J connectivity index is 2.09. The first-order valence-corrected chi connectivity index (χ1v) is 6.20. The monoisotopic (exact) mass is 310 g/mol. The molecule has 18 heavy (non-hydrogen) atoms. The van der Waals surface area contributed by atoms with Crippen molar-refractivity contribution in [1.82, 2.24) is 0 Å². The third-order valence-electron chi connectivity index (χ3n) is 2.45. The lowest BCUT2D eigenvalue weighted by molar-refractivity contribution is 0.284. The lowest BCUT2D eigenvalue weighted by Crippen LogP contribution is -1.98. The Hall–Kier alpha value is -1.55. The van der Waals surface area contributed by atoms with Crippen LogP contribution in [0.25, 0.3) is 0 Å². The Bertz CT molecular complexity index is 543. The van der Waals surface area contributed by atoms with Crippen LogP contribution < -0.4 is 9.47 Å². The van der Waals surface area contributed by atoms with E-state index in [0.717, 1.165) is 5.56 Å². The standard InChI is InChI=1S/C14H12BrFO2/c1-17-13-4-2-3-5-14(13)18-9-10-6-7-11(15)12(16)8-10/h2-8H,9H2,1H3. The molecule has 0 aromatic heterocycles. The Morgan fingerprint density at radius 2 is 1.83 bits per heavy atom. The van der Waals surface area contributed by atoms with E-state index >= 15 is 0 Å². The molecule has 0 fully saturated rings. The van der Waals surface area contributed by atoms with Crippen LogP contribution in [0, 0.1) is 5.82 Å². The van der Waals surface area contributed by atoms with Crippen molar-refractivity contribution in [2.75, 3.05) is 7.11 Å². The topological polar surface area (TPSA) is 18.5 Å². The van der Waals surface area contributed by atoms with Gasteiger partial charge in [0.2, 0.25) is 0 Å². The first-order valence-electron chi connectivity index (χ1n) is 5.40. The van der Waals surface area contributed by atoms with Crippen LogP contribution in [0.5, 0.6) is 11.5 Å². The first-order chi connectivity index (χ1) is 8.70. The van der Waals surface area contributed by atoms with E-state index in [1.54, 1.807) is 13.2 Å². The Kier molecular flexibility index (Phi) is 4.20. The van der Waals surface area contributed by atoms with Crippen LogP contribution in [-0.4, -0.2) is 7.11 Å². The normalized spacial score (nSPS) is 10.2. The highest BCUT2D eigenvalue weighted by Crippen LogP contribution is 2.27. The van der Waals surface area contributed by atoms with Crippen molar-refractivity contribution in [3.05, 3.63) is 58.3 Å². The molecule has 0 aliphatic carbocycles. The second-order valence-electron chi connectivity index (χ2n) is 3.69. The molecule has 0 spiro atoms. The number of hydrogen-bond acceptors (Lipinski definition) is 2. The second-order valence-corrected chi connectivity index (χ2v) is 4.54. The fourth-order valence-electron chi connectivity index (χ4n) is 1.53. The van der Waals surface area contributed by atoms with E-state index in [-0.39, 0.29) is 5.82 Å². The fourth-order valence-corrected chi connectivity index (χ4v) is 1.78. The van der Waals surface area contributed by atoms with Crippen LogP contribution in [0.1, 0.15) is 5.56 Å². The van der Waals surface area contributed by atoms with Crippen molar-refractivity contribution in [1.29, 1.82) is 0 Å². The molecule has 0 bridgehead atoms. The number of methoxy groups -OCH3 is 1. The predicted octanol–water partition coefficient (Wildman–Crippen LogP) is 4.18. The molecule has 94 valence electrons. The Morgan fingerprint density at radius 3 is 2.50 bits per heavy atom. The largest absolute Gasteiger partial charge is 0.493 e. The third-order valence-corrected chi connectivity index (χ3v) is 3.09. The van der Waals surface area contributed by atoms with E-state index in [0.29, 0.717) is 22.6 Å². The van der Waals surface area contributed by atoms with Gasteiger partial charge < -0.3 is 9.47 Å². The summed E-state index contributed by atoms with van der Waals surface area (Å²) < 4.78 is 24.5. The third kappa shape index (κ3) is 3.01. The first kappa shape index (κ1) is 12.9. The maximum Gasteiger partial charge on any atom is 0.161 e. The summed E-state index contributed by atoms with van der Waals surface area (Å²) in [6.07, 6.45) is 0. The molecule has 0 N–H and O–H groups in total. The zero-order chi connectivity index (χ0) is 13.0. The van der Waals surface area contributed by atoms with Gasteiger partial charge in [0.15, 0.2) is 11.5 Å². The number of halogens is 2. The van der Waals surface area contributed by atoms with Gasteiger partial charge >= 0.3 is 0 Å². The van der Waals surface area contributed by atoms with Crippen LogP contribution in [0.15, 0.2) is 46.9 Å². The molecule has 0 amide bonds. The predicted molar refractivity (Wildman–Crippen MR) is 71.4 cm³/mol. The van der Waals surface area contributed by atoms with E-state index < -0.39 is 0 Å². The molecule has 0 atom stereocenters. The molecule has 2 rings (SSSR count). The average Bonchev–Trinajstić information content (AvgIpc) is 2.40. The molecule has 2 nitrogen and oxygen atoms in total. The summed E-state index contributed by atoms with van der Waals surface area (Å²) in [5, 5.41) is 0. The molecular formula is C14H12BrFO2. The summed E-state index contributed by atoms with van der Waals surface area (Å²) >= 11 is 3.11. The van der Waals surface area contributed by atoms with Crippen molar-refractivity contribution in [2.45, 2.75) is 6.61 Å². The number of rotatable bonds is 4. The lowest BCUT2D eigenvalue weighted by Gasteiger charge is -2.10. The molecule has 4 heteroatoms. The smallest absolute Gasteiger partial charge is 0.161 e. The minimum absolute atomic E-state index is 0.295. The molecule has 2 aromatic carbocycles. The SMILES string of the molecule is COc1ccccc1OCc1ccc(Br)c(F)c1. The number of benzene rings is 2. The summed E-state index contributed by atoms with van der Waals surface area (Å²) in [5.41, 5.74) is 0.765. The molecule has 0 saturated carbocycles. The van der Waals surface area contributed by atoms with Crippen molar-refractivity contribution in [2.24, 2.45) is 0 Å². The number of para-hydroxylation sites is 2. The van der Waals surface area contributed by atoms with Gasteiger partial charge in [0.25, 0.3) is 0 Å². The van der Waals surface area contributed by atoms with Crippen molar-refractivity contribution in [3.8, 4) is 11.5 Å². The average molecular weight is 311 g/mol. The lowest BCUT2D eigenvalue weighted by atomic mass is 10.2. The molecule has 2 aromatic rings. The van der Waals surface area contributed by atoms with Crippen molar-refractivity contribution < 1.29 is 13.9 Å². The highest BCUT2D eigenvalue weighted by atomic mass is 79.9. The molecule has 0 radical (unpaired) electrons. The van der Waals surface area contributed by atoms with Crippen LogP contribution >= 0.6 is 15.9 Å². The van der Waals surface area contributed by atoms with E-state index in [1.165, 1.54) is 6.07 Å². The molecule has 0 saturated heterocycles. The minimum atomic E-state index is -0.295. The van der Waals surface area contributed by atoms with E-state index in [9.17, 15) is 4.39 Å². The second kappa shape index (κ2) is 5.87. The van der Waals surface area contributed by atoms with E-state index in [4.69, 9.17) is 9.47 Å². The number of ether oxygens (including phenoxy) is 2. The van der Waals surface area contributed by atoms with Crippen molar-refractivity contribution in [3.63, 3.8) is 0 Å². The van der Waals surface area contributed by atoms with Gasteiger partial charge in [0.1, 0.15) is 12.4 Å². The van der Waals surface area contributed by atoms with Gasteiger partial charge in [-0.1, -0.05) is 18.2 Å². The van der Waals surface area contributed by atoms with Crippen LogP contribution in [0.4, 0.5) is 4.39 Å². The van der Waals surface area contributed by atoms with Crippen molar-refractivity contribution >= 4 is 15.9 Å². The molecular weight excluding hydrogens is 299 g/mol. The highest BCUT2D eigenvalue weighted by Gasteiger charge is 2.04. The van der Waals surface area contributed by atoms with Gasteiger partial charge in [-0.25, -0.2) is 4.39 Å². The minimum Gasteiger partial charge on any atom is -0.493 e. The summed E-state index contributed by atoms with van der Waals surface area (Å²) in [4.78, 5) is 0. The van der Waals surface area contributed by atoms with Crippen LogP contribution in [0.2, 0.25) is 0 Å². The summed E-state index contributed by atoms with van der Waals surface area (Å²) in [5.74, 6) is 1.01. The summed E-state index contributed by atoms with van der Waals surface area (Å²) in [7, 11) is 1.58. The molecule has 0 aliphatic heterocycles. The summed E-state index contributed by atoms with van der Waals surface area (Å²) in [6, 6.07) is 12.3. The molecule has 0 aliphatic rings. The Labute approximate surface area is 113 Å². The van der Waals surface area contributed by atoms with E-state index in [1.807, 2.05) is 30.3 Å². The maximum atomic E-state index is 13.3. The van der Waals surface area contributed by atoms with Gasteiger partial charge in [-0.05, 0) is 45.8 Å². The van der Waals surface area contributed by atoms with Gasteiger partial charge in [-0.2, -0.15) is 0 Å². The van der Waals surface area contributed by atoms with Gasteiger partial charge in [-0.3, -0.25) is 0 Å².